The second-order valence-electron chi connectivity index (χ2n) is 6.57. The van der Waals surface area contributed by atoms with Crippen LogP contribution >= 0.6 is 0 Å². The highest BCUT2D eigenvalue weighted by Crippen LogP contribution is 2.42. The summed E-state index contributed by atoms with van der Waals surface area (Å²) in [6.07, 6.45) is 3.18. The third kappa shape index (κ3) is 3.47. The van der Waals surface area contributed by atoms with Crippen molar-refractivity contribution in [2.75, 3.05) is 12.4 Å². The molecule has 0 unspecified atom stereocenters. The number of nitrogens with one attached hydrogen (secondary N) is 1. The van der Waals surface area contributed by atoms with E-state index in [1.54, 1.807) is 30.3 Å². The lowest BCUT2D eigenvalue weighted by molar-refractivity contribution is -0.384. The number of ether oxygens (including phenoxy) is 1. The second-order valence-corrected chi connectivity index (χ2v) is 6.57. The molecule has 2 aromatic carbocycles. The number of nitro benzene ring substituents is 1. The van der Waals surface area contributed by atoms with Gasteiger partial charge in [-0.3, -0.25) is 14.9 Å². The van der Waals surface area contributed by atoms with Crippen LogP contribution in [0, 0.1) is 21.4 Å². The summed E-state index contributed by atoms with van der Waals surface area (Å²) in [5.74, 6) is 0.282. The normalized spacial score (nSPS) is 15.0. The van der Waals surface area contributed by atoms with Gasteiger partial charge in [0.05, 0.1) is 23.0 Å². The number of hydrogen-bond acceptors (Lipinski definition) is 5. The quantitative estimate of drug-likeness (QED) is 0.638. The molecule has 0 radical (unpaired) electrons. The third-order valence-electron chi connectivity index (χ3n) is 5.10. The van der Waals surface area contributed by atoms with Gasteiger partial charge >= 0.3 is 0 Å². The molecule has 1 aliphatic carbocycles. The van der Waals surface area contributed by atoms with Crippen LogP contribution in [0.1, 0.15) is 36.8 Å². The highest BCUT2D eigenvalue weighted by molar-refractivity contribution is 5.99. The van der Waals surface area contributed by atoms with Gasteiger partial charge in [-0.2, -0.15) is 5.26 Å². The van der Waals surface area contributed by atoms with E-state index in [2.05, 4.69) is 5.32 Å². The number of amides is 1. The summed E-state index contributed by atoms with van der Waals surface area (Å²) in [5, 5.41) is 23.0. The van der Waals surface area contributed by atoms with Crippen LogP contribution in [0.15, 0.2) is 42.5 Å². The van der Waals surface area contributed by atoms with Crippen LogP contribution in [0.25, 0.3) is 0 Å². The first-order chi connectivity index (χ1) is 13.0. The Balaban J connectivity index is 1.90. The van der Waals surface area contributed by atoms with Crippen molar-refractivity contribution in [2.45, 2.75) is 31.1 Å². The number of methoxy groups -OCH3 is 1. The first kappa shape index (κ1) is 18.4. The number of anilines is 1. The average Bonchev–Trinajstić information content (AvgIpc) is 3.19. The van der Waals surface area contributed by atoms with Crippen molar-refractivity contribution < 1.29 is 14.5 Å². The average molecular weight is 365 g/mol. The van der Waals surface area contributed by atoms with E-state index < -0.39 is 10.3 Å². The molecule has 0 atom stereocenters. The Hall–Kier alpha value is -3.40. The van der Waals surface area contributed by atoms with Crippen molar-refractivity contribution in [3.05, 3.63) is 63.7 Å². The van der Waals surface area contributed by atoms with Gasteiger partial charge in [0, 0.05) is 17.8 Å². The van der Waals surface area contributed by atoms with Gasteiger partial charge in [-0.25, -0.2) is 0 Å². The minimum Gasteiger partial charge on any atom is -0.495 e. The SMILES string of the molecule is COc1ccc(NC(=O)C2(c3ccc([N+](=O)[O-])cc3)CCCC2)cc1C#N. The number of rotatable bonds is 5. The zero-order chi connectivity index (χ0) is 19.4. The molecule has 1 saturated carbocycles. The van der Waals surface area contributed by atoms with Gasteiger partial charge < -0.3 is 10.1 Å². The van der Waals surface area contributed by atoms with Gasteiger partial charge in [-0.05, 0) is 36.6 Å². The molecule has 0 bridgehead atoms. The van der Waals surface area contributed by atoms with Crippen LogP contribution in [-0.4, -0.2) is 17.9 Å². The van der Waals surface area contributed by atoms with E-state index in [9.17, 15) is 20.2 Å². The molecule has 7 heteroatoms. The molecule has 7 nitrogen and oxygen atoms in total. The van der Waals surface area contributed by atoms with Gasteiger partial charge in [0.2, 0.25) is 5.91 Å². The van der Waals surface area contributed by atoms with E-state index in [-0.39, 0.29) is 11.6 Å². The number of nitrogens with zero attached hydrogens (tertiary/aromatic N) is 2. The molecule has 0 spiro atoms. The fraction of sp³-hybridized carbons (Fsp3) is 0.300. The number of nitro groups is 1. The maximum atomic E-state index is 13.2. The Morgan fingerprint density at radius 1 is 1.22 bits per heavy atom. The van der Waals surface area contributed by atoms with Crippen molar-refractivity contribution in [3.63, 3.8) is 0 Å². The Morgan fingerprint density at radius 3 is 2.44 bits per heavy atom. The summed E-state index contributed by atoms with van der Waals surface area (Å²) < 4.78 is 5.13. The molecule has 0 saturated heterocycles. The minimum atomic E-state index is -0.720. The molecule has 0 heterocycles. The number of carbonyl (C=O) groups excluding carboxylic acids is 1. The Bertz CT molecular complexity index is 910. The number of carbonyl (C=O) groups is 1. The molecule has 3 rings (SSSR count). The zero-order valence-electron chi connectivity index (χ0n) is 14.9. The van der Waals surface area contributed by atoms with E-state index in [0.717, 1.165) is 18.4 Å². The predicted octanol–water partition coefficient (Wildman–Crippen LogP) is 3.93. The van der Waals surface area contributed by atoms with Crippen molar-refractivity contribution >= 4 is 17.3 Å². The molecular formula is C20H19N3O4. The lowest BCUT2D eigenvalue weighted by Gasteiger charge is -2.28. The van der Waals surface area contributed by atoms with E-state index in [1.165, 1.54) is 19.2 Å². The van der Waals surface area contributed by atoms with Gasteiger partial charge in [0.25, 0.3) is 5.69 Å². The monoisotopic (exact) mass is 365 g/mol. The summed E-state index contributed by atoms with van der Waals surface area (Å²) in [6.45, 7) is 0. The molecule has 1 amide bonds. The van der Waals surface area contributed by atoms with Crippen LogP contribution in [0.3, 0.4) is 0 Å². The molecule has 2 aromatic rings. The number of non-ortho nitro benzene ring substituents is 1. The zero-order valence-corrected chi connectivity index (χ0v) is 14.9. The summed E-state index contributed by atoms with van der Waals surface area (Å²) in [7, 11) is 1.48. The maximum absolute atomic E-state index is 13.2. The molecule has 1 N–H and O–H groups in total. The first-order valence-electron chi connectivity index (χ1n) is 8.65. The van der Waals surface area contributed by atoms with Crippen molar-refractivity contribution in [1.29, 1.82) is 5.26 Å². The van der Waals surface area contributed by atoms with Crippen LogP contribution in [0.4, 0.5) is 11.4 Å². The minimum absolute atomic E-state index is 0.00104. The summed E-state index contributed by atoms with van der Waals surface area (Å²) in [6, 6.07) is 13.2. The van der Waals surface area contributed by atoms with E-state index in [4.69, 9.17) is 4.74 Å². The summed E-state index contributed by atoms with van der Waals surface area (Å²) in [5.41, 5.74) is 0.914. The predicted molar refractivity (Wildman–Crippen MR) is 99.6 cm³/mol. The highest BCUT2D eigenvalue weighted by atomic mass is 16.6. The van der Waals surface area contributed by atoms with Gasteiger partial charge in [0.1, 0.15) is 11.8 Å². The molecule has 138 valence electrons. The van der Waals surface area contributed by atoms with Gasteiger partial charge in [-0.15, -0.1) is 0 Å². The lowest BCUT2D eigenvalue weighted by atomic mass is 9.78. The lowest BCUT2D eigenvalue weighted by Crippen LogP contribution is -2.38. The molecule has 27 heavy (non-hydrogen) atoms. The molecular weight excluding hydrogens is 346 g/mol. The Morgan fingerprint density at radius 2 is 1.89 bits per heavy atom. The maximum Gasteiger partial charge on any atom is 0.269 e. The van der Waals surface area contributed by atoms with E-state index >= 15 is 0 Å². The Labute approximate surface area is 156 Å². The number of nitriles is 1. The smallest absolute Gasteiger partial charge is 0.269 e. The molecule has 1 aliphatic rings. The summed E-state index contributed by atoms with van der Waals surface area (Å²) in [4.78, 5) is 23.6. The largest absolute Gasteiger partial charge is 0.495 e. The molecule has 0 aliphatic heterocycles. The van der Waals surface area contributed by atoms with Gasteiger partial charge in [0.15, 0.2) is 0 Å². The van der Waals surface area contributed by atoms with Crippen molar-refractivity contribution in [2.24, 2.45) is 0 Å². The second kappa shape index (κ2) is 7.46. The van der Waals surface area contributed by atoms with Crippen LogP contribution < -0.4 is 10.1 Å². The third-order valence-corrected chi connectivity index (χ3v) is 5.10. The van der Waals surface area contributed by atoms with E-state index in [1.807, 2.05) is 6.07 Å². The van der Waals surface area contributed by atoms with Crippen LogP contribution in [-0.2, 0) is 10.2 Å². The van der Waals surface area contributed by atoms with Gasteiger partial charge in [-0.1, -0.05) is 25.0 Å². The summed E-state index contributed by atoms with van der Waals surface area (Å²) >= 11 is 0. The highest BCUT2D eigenvalue weighted by Gasteiger charge is 2.42. The van der Waals surface area contributed by atoms with Crippen molar-refractivity contribution in [1.82, 2.24) is 0 Å². The number of hydrogen-bond donors (Lipinski definition) is 1. The number of benzene rings is 2. The fourth-order valence-corrected chi connectivity index (χ4v) is 3.65. The van der Waals surface area contributed by atoms with E-state index in [0.29, 0.717) is 29.8 Å². The Kier molecular flexibility index (Phi) is 5.08. The van der Waals surface area contributed by atoms with Crippen LogP contribution in [0.5, 0.6) is 5.75 Å². The fourth-order valence-electron chi connectivity index (χ4n) is 3.65. The standard InChI is InChI=1S/C20H19N3O4/c1-27-18-9-6-16(12-14(18)13-21)22-19(24)20(10-2-3-11-20)15-4-7-17(8-5-15)23(25)26/h4-9,12H,2-3,10-11H2,1H3,(H,22,24). The first-order valence-corrected chi connectivity index (χ1v) is 8.65. The topological polar surface area (TPSA) is 105 Å². The van der Waals surface area contributed by atoms with Crippen LogP contribution in [0.2, 0.25) is 0 Å². The molecule has 0 aromatic heterocycles. The molecule has 1 fully saturated rings. The van der Waals surface area contributed by atoms with Crippen molar-refractivity contribution in [3.8, 4) is 11.8 Å².